The first-order valence-corrected chi connectivity index (χ1v) is 6.53. The fourth-order valence-corrected chi connectivity index (χ4v) is 2.60. The maximum absolute atomic E-state index is 12.2. The number of rotatable bonds is 3. The summed E-state index contributed by atoms with van der Waals surface area (Å²) in [6.45, 7) is 5.19. The Morgan fingerprint density at radius 3 is 2.71 bits per heavy atom. The molecular formula is C12H23N3O2. The highest BCUT2D eigenvalue weighted by molar-refractivity contribution is 5.82. The lowest BCUT2D eigenvalue weighted by atomic mass is 9.97. The molecule has 0 spiro atoms. The van der Waals surface area contributed by atoms with Crippen LogP contribution in [0.1, 0.15) is 12.8 Å². The lowest BCUT2D eigenvalue weighted by Gasteiger charge is -2.35. The van der Waals surface area contributed by atoms with Gasteiger partial charge in [-0.05, 0) is 18.8 Å². The average molecular weight is 241 g/mol. The van der Waals surface area contributed by atoms with Gasteiger partial charge < -0.3 is 20.3 Å². The van der Waals surface area contributed by atoms with Gasteiger partial charge in [-0.25, -0.2) is 0 Å². The molecular weight excluding hydrogens is 218 g/mol. The van der Waals surface area contributed by atoms with Crippen molar-refractivity contribution in [3.63, 3.8) is 0 Å². The second-order valence-electron chi connectivity index (χ2n) is 4.93. The van der Waals surface area contributed by atoms with E-state index in [2.05, 4.69) is 10.6 Å². The third-order valence-corrected chi connectivity index (χ3v) is 3.67. The lowest BCUT2D eigenvalue weighted by molar-refractivity contribution is -0.135. The molecule has 0 aromatic carbocycles. The van der Waals surface area contributed by atoms with E-state index in [1.807, 2.05) is 4.90 Å². The molecule has 0 saturated carbocycles. The third kappa shape index (κ3) is 3.40. The number of piperidine rings is 1. The number of hydrogen-bond donors (Lipinski definition) is 2. The van der Waals surface area contributed by atoms with E-state index in [1.165, 1.54) is 0 Å². The van der Waals surface area contributed by atoms with E-state index >= 15 is 0 Å². The highest BCUT2D eigenvalue weighted by Gasteiger charge is 2.28. The zero-order valence-electron chi connectivity index (χ0n) is 10.6. The van der Waals surface area contributed by atoms with Crippen molar-refractivity contribution in [2.75, 3.05) is 46.4 Å². The summed E-state index contributed by atoms with van der Waals surface area (Å²) in [5, 5.41) is 6.53. The van der Waals surface area contributed by atoms with Crippen LogP contribution in [0.2, 0.25) is 0 Å². The highest BCUT2D eigenvalue weighted by atomic mass is 16.5. The Hall–Kier alpha value is -0.650. The minimum atomic E-state index is -0.0253. The van der Waals surface area contributed by atoms with Crippen molar-refractivity contribution in [2.45, 2.75) is 18.9 Å². The van der Waals surface area contributed by atoms with E-state index in [1.54, 1.807) is 7.11 Å². The van der Waals surface area contributed by atoms with E-state index in [4.69, 9.17) is 4.74 Å². The molecule has 1 amide bonds. The SMILES string of the molecule is COCC1CCN(C(=O)C2CNCCN2)CC1. The maximum Gasteiger partial charge on any atom is 0.241 e. The zero-order valence-corrected chi connectivity index (χ0v) is 10.6. The first-order chi connectivity index (χ1) is 8.31. The number of carbonyl (C=O) groups excluding carboxylic acids is 1. The molecule has 17 heavy (non-hydrogen) atoms. The van der Waals surface area contributed by atoms with Crippen LogP contribution in [-0.2, 0) is 9.53 Å². The zero-order chi connectivity index (χ0) is 12.1. The Balaban J connectivity index is 1.77. The second kappa shape index (κ2) is 6.33. The summed E-state index contributed by atoms with van der Waals surface area (Å²) in [6.07, 6.45) is 2.14. The normalized spacial score (nSPS) is 27.1. The van der Waals surface area contributed by atoms with Crippen LogP contribution < -0.4 is 10.6 Å². The van der Waals surface area contributed by atoms with E-state index in [0.29, 0.717) is 5.92 Å². The van der Waals surface area contributed by atoms with Gasteiger partial charge in [-0.1, -0.05) is 0 Å². The van der Waals surface area contributed by atoms with Crippen molar-refractivity contribution in [2.24, 2.45) is 5.92 Å². The van der Waals surface area contributed by atoms with Gasteiger partial charge in [-0.2, -0.15) is 0 Å². The molecule has 1 unspecified atom stereocenters. The van der Waals surface area contributed by atoms with Crippen LogP contribution in [0.15, 0.2) is 0 Å². The third-order valence-electron chi connectivity index (χ3n) is 3.67. The van der Waals surface area contributed by atoms with Gasteiger partial charge in [0.25, 0.3) is 0 Å². The molecule has 2 saturated heterocycles. The first-order valence-electron chi connectivity index (χ1n) is 6.53. The minimum Gasteiger partial charge on any atom is -0.384 e. The number of nitrogens with one attached hydrogen (secondary N) is 2. The van der Waals surface area contributed by atoms with Crippen LogP contribution in [0, 0.1) is 5.92 Å². The van der Waals surface area contributed by atoms with Gasteiger partial charge in [0.2, 0.25) is 5.91 Å². The van der Waals surface area contributed by atoms with Gasteiger partial charge >= 0.3 is 0 Å². The smallest absolute Gasteiger partial charge is 0.241 e. The minimum absolute atomic E-state index is 0.0253. The van der Waals surface area contributed by atoms with E-state index in [-0.39, 0.29) is 11.9 Å². The van der Waals surface area contributed by atoms with Crippen molar-refractivity contribution < 1.29 is 9.53 Å². The van der Waals surface area contributed by atoms with Gasteiger partial charge in [-0.15, -0.1) is 0 Å². The Kier molecular flexibility index (Phi) is 4.76. The number of likely N-dealkylation sites (tertiary alicyclic amines) is 1. The monoisotopic (exact) mass is 241 g/mol. The number of hydrogen-bond acceptors (Lipinski definition) is 4. The first kappa shape index (κ1) is 12.8. The van der Waals surface area contributed by atoms with Crippen LogP contribution in [-0.4, -0.2) is 63.3 Å². The predicted octanol–water partition coefficient (Wildman–Crippen LogP) is -0.567. The van der Waals surface area contributed by atoms with Crippen molar-refractivity contribution in [3.05, 3.63) is 0 Å². The number of amides is 1. The largest absolute Gasteiger partial charge is 0.384 e. The molecule has 5 nitrogen and oxygen atoms in total. The molecule has 0 aromatic rings. The number of nitrogens with zero attached hydrogens (tertiary/aromatic N) is 1. The van der Waals surface area contributed by atoms with E-state index < -0.39 is 0 Å². The Bertz CT molecular complexity index is 246. The van der Waals surface area contributed by atoms with Gasteiger partial charge in [0, 0.05) is 46.4 Å². The summed E-state index contributed by atoms with van der Waals surface area (Å²) in [4.78, 5) is 14.2. The van der Waals surface area contributed by atoms with Crippen LogP contribution in [0.4, 0.5) is 0 Å². The van der Waals surface area contributed by atoms with Gasteiger partial charge in [0.15, 0.2) is 0 Å². The molecule has 2 aliphatic rings. The average Bonchev–Trinajstić information content (AvgIpc) is 2.40. The van der Waals surface area contributed by atoms with Crippen LogP contribution in [0.3, 0.4) is 0 Å². The summed E-state index contributed by atoms with van der Waals surface area (Å²) in [5.74, 6) is 0.884. The van der Waals surface area contributed by atoms with Crippen molar-refractivity contribution in [1.29, 1.82) is 0 Å². The lowest BCUT2D eigenvalue weighted by Crippen LogP contribution is -2.57. The summed E-state index contributed by atoms with van der Waals surface area (Å²) >= 11 is 0. The molecule has 0 aromatic heterocycles. The molecule has 2 aliphatic heterocycles. The Morgan fingerprint density at radius 1 is 1.35 bits per heavy atom. The Labute approximate surface area is 103 Å². The molecule has 2 N–H and O–H groups in total. The molecule has 98 valence electrons. The highest BCUT2D eigenvalue weighted by Crippen LogP contribution is 2.17. The summed E-state index contributed by atoms with van der Waals surface area (Å²) < 4.78 is 5.17. The summed E-state index contributed by atoms with van der Waals surface area (Å²) in [7, 11) is 1.75. The fraction of sp³-hybridized carbons (Fsp3) is 0.917. The van der Waals surface area contributed by atoms with Gasteiger partial charge in [0.05, 0.1) is 6.04 Å². The van der Waals surface area contributed by atoms with Crippen molar-refractivity contribution in [3.8, 4) is 0 Å². The Morgan fingerprint density at radius 2 is 2.12 bits per heavy atom. The fourth-order valence-electron chi connectivity index (χ4n) is 2.60. The molecule has 0 bridgehead atoms. The van der Waals surface area contributed by atoms with Gasteiger partial charge in [0.1, 0.15) is 0 Å². The van der Waals surface area contributed by atoms with Crippen molar-refractivity contribution >= 4 is 5.91 Å². The number of carbonyl (C=O) groups is 1. The summed E-state index contributed by atoms with van der Waals surface area (Å²) in [6, 6.07) is -0.0253. The summed E-state index contributed by atoms with van der Waals surface area (Å²) in [5.41, 5.74) is 0. The van der Waals surface area contributed by atoms with Crippen molar-refractivity contribution in [1.82, 2.24) is 15.5 Å². The standard InChI is InChI=1S/C12H23N3O2/c1-17-9-10-2-6-15(7-3-10)12(16)11-8-13-4-5-14-11/h10-11,13-14H,2-9H2,1H3. The molecule has 0 radical (unpaired) electrons. The molecule has 2 heterocycles. The van der Waals surface area contributed by atoms with Crippen LogP contribution in [0.25, 0.3) is 0 Å². The molecule has 1 atom stereocenters. The van der Waals surface area contributed by atoms with E-state index in [9.17, 15) is 4.79 Å². The molecule has 0 aliphatic carbocycles. The van der Waals surface area contributed by atoms with Crippen LogP contribution in [0.5, 0.6) is 0 Å². The number of methoxy groups -OCH3 is 1. The van der Waals surface area contributed by atoms with E-state index in [0.717, 1.165) is 52.2 Å². The molecule has 5 heteroatoms. The molecule has 2 fully saturated rings. The van der Waals surface area contributed by atoms with Gasteiger partial charge in [-0.3, -0.25) is 4.79 Å². The molecule has 2 rings (SSSR count). The van der Waals surface area contributed by atoms with Crippen LogP contribution >= 0.6 is 0 Å². The quantitative estimate of drug-likeness (QED) is 0.695. The number of piperazine rings is 1. The maximum atomic E-state index is 12.2. The second-order valence-corrected chi connectivity index (χ2v) is 4.93. The topological polar surface area (TPSA) is 53.6 Å². The predicted molar refractivity (Wildman–Crippen MR) is 65.8 cm³/mol. The number of ether oxygens (including phenoxy) is 1.